The Morgan fingerprint density at radius 3 is 2.42 bits per heavy atom. The summed E-state index contributed by atoms with van der Waals surface area (Å²) in [6, 6.07) is 23.5. The minimum absolute atomic E-state index is 0.135. The van der Waals surface area contributed by atoms with E-state index in [1.54, 1.807) is 6.07 Å². The first kappa shape index (κ1) is 20.3. The van der Waals surface area contributed by atoms with Gasteiger partial charge in [0.1, 0.15) is 5.82 Å². The fourth-order valence-electron chi connectivity index (χ4n) is 3.61. The van der Waals surface area contributed by atoms with E-state index in [2.05, 4.69) is 15.2 Å². The molecule has 4 aromatic rings. The number of para-hydroxylation sites is 3. The Hall–Kier alpha value is -3.93. The predicted octanol–water partition coefficient (Wildman–Crippen LogP) is 4.86. The zero-order valence-electron chi connectivity index (χ0n) is 17.6. The number of hydrogen-bond acceptors (Lipinski definition) is 3. The van der Waals surface area contributed by atoms with Gasteiger partial charge in [-0.05, 0) is 48.9 Å². The summed E-state index contributed by atoms with van der Waals surface area (Å²) >= 11 is 0. The van der Waals surface area contributed by atoms with Gasteiger partial charge in [-0.1, -0.05) is 36.4 Å². The van der Waals surface area contributed by atoms with Gasteiger partial charge in [0, 0.05) is 25.5 Å². The van der Waals surface area contributed by atoms with Crippen molar-refractivity contribution in [3.8, 4) is 5.69 Å². The molecule has 0 fully saturated rings. The number of rotatable bonds is 6. The highest BCUT2D eigenvalue weighted by atomic mass is 16.2. The topological polar surface area (TPSA) is 76.0 Å². The summed E-state index contributed by atoms with van der Waals surface area (Å²) in [6.07, 6.45) is 0.750. The fourth-order valence-corrected chi connectivity index (χ4v) is 3.61. The second kappa shape index (κ2) is 8.83. The maximum Gasteiger partial charge on any atom is 0.224 e. The third-order valence-corrected chi connectivity index (χ3v) is 4.98. The number of carbonyl (C=O) groups excluding carboxylic acids is 2. The van der Waals surface area contributed by atoms with E-state index >= 15 is 0 Å². The van der Waals surface area contributed by atoms with E-state index in [1.165, 1.54) is 6.92 Å². The Kier molecular flexibility index (Phi) is 5.80. The molecule has 6 heteroatoms. The van der Waals surface area contributed by atoms with Crippen LogP contribution in [0, 0.1) is 6.92 Å². The first-order valence-electron chi connectivity index (χ1n) is 10.2. The van der Waals surface area contributed by atoms with E-state index in [0.29, 0.717) is 17.8 Å². The second-order valence-electron chi connectivity index (χ2n) is 7.47. The summed E-state index contributed by atoms with van der Waals surface area (Å²) < 4.78 is 2.10. The molecule has 3 aromatic carbocycles. The van der Waals surface area contributed by atoms with Gasteiger partial charge in [0.15, 0.2) is 0 Å². The number of carbonyl (C=O) groups is 2. The lowest BCUT2D eigenvalue weighted by atomic mass is 10.1. The minimum atomic E-state index is -0.184. The van der Waals surface area contributed by atoms with Crippen LogP contribution in [0.15, 0.2) is 72.8 Å². The molecule has 0 saturated carbocycles. The number of amides is 2. The molecule has 31 heavy (non-hydrogen) atoms. The van der Waals surface area contributed by atoms with Crippen LogP contribution < -0.4 is 10.6 Å². The third kappa shape index (κ3) is 4.64. The molecular formula is C25H24N4O2. The number of hydrogen-bond donors (Lipinski definition) is 2. The van der Waals surface area contributed by atoms with Crippen LogP contribution in [0.5, 0.6) is 0 Å². The molecule has 0 saturated heterocycles. The molecule has 0 radical (unpaired) electrons. The van der Waals surface area contributed by atoms with Gasteiger partial charge in [-0.25, -0.2) is 4.98 Å². The average Bonchev–Trinajstić information content (AvgIpc) is 3.13. The normalized spacial score (nSPS) is 10.8. The Balaban J connectivity index is 1.56. The molecule has 0 unspecified atom stereocenters. The van der Waals surface area contributed by atoms with Crippen molar-refractivity contribution in [2.45, 2.75) is 26.7 Å². The van der Waals surface area contributed by atoms with Crippen molar-refractivity contribution in [3.05, 3.63) is 84.2 Å². The van der Waals surface area contributed by atoms with Crippen molar-refractivity contribution >= 4 is 34.2 Å². The van der Waals surface area contributed by atoms with Gasteiger partial charge >= 0.3 is 0 Å². The summed E-state index contributed by atoms with van der Waals surface area (Å²) in [7, 11) is 0. The zero-order valence-corrected chi connectivity index (χ0v) is 17.6. The largest absolute Gasteiger partial charge is 0.325 e. The van der Waals surface area contributed by atoms with Crippen molar-refractivity contribution in [1.29, 1.82) is 0 Å². The molecule has 6 nitrogen and oxygen atoms in total. The van der Waals surface area contributed by atoms with Crippen molar-refractivity contribution in [2.24, 2.45) is 0 Å². The Morgan fingerprint density at radius 1 is 0.903 bits per heavy atom. The smallest absolute Gasteiger partial charge is 0.224 e. The molecule has 2 N–H and O–H groups in total. The molecule has 0 aliphatic heterocycles. The number of aryl methyl sites for hydroxylation is 2. The van der Waals surface area contributed by atoms with E-state index < -0.39 is 0 Å². The number of benzene rings is 3. The van der Waals surface area contributed by atoms with Gasteiger partial charge in [-0.15, -0.1) is 0 Å². The number of imidazole rings is 1. The van der Waals surface area contributed by atoms with Crippen molar-refractivity contribution in [1.82, 2.24) is 9.55 Å². The second-order valence-corrected chi connectivity index (χ2v) is 7.47. The van der Waals surface area contributed by atoms with Gasteiger partial charge in [0.05, 0.1) is 22.4 Å². The highest BCUT2D eigenvalue weighted by Crippen LogP contribution is 2.25. The molecule has 0 spiro atoms. The summed E-state index contributed by atoms with van der Waals surface area (Å²) in [5.41, 5.74) is 5.09. The van der Waals surface area contributed by atoms with Crippen LogP contribution >= 0.6 is 0 Å². The third-order valence-electron chi connectivity index (χ3n) is 4.98. The first-order valence-corrected chi connectivity index (χ1v) is 10.2. The summed E-state index contributed by atoms with van der Waals surface area (Å²) in [5.74, 6) is 0.508. The standard InChI is InChI=1S/C25H24N4O2/c1-17-12-13-20(26-18(2)30)22(16-17)28-25(31)15-14-24-27-21-10-6-7-11-23(21)29(24)19-8-4-3-5-9-19/h3-13,16H,14-15H2,1-2H3,(H,26,30)(H,28,31). The van der Waals surface area contributed by atoms with Crippen LogP contribution in [0.25, 0.3) is 16.7 Å². The van der Waals surface area contributed by atoms with Crippen LogP contribution in [-0.2, 0) is 16.0 Å². The van der Waals surface area contributed by atoms with Gasteiger partial charge < -0.3 is 10.6 Å². The molecular weight excluding hydrogens is 388 g/mol. The fraction of sp³-hybridized carbons (Fsp3) is 0.160. The van der Waals surface area contributed by atoms with Gasteiger partial charge in [0.2, 0.25) is 11.8 Å². The summed E-state index contributed by atoms with van der Waals surface area (Å²) in [5, 5.41) is 5.69. The maximum absolute atomic E-state index is 12.7. The van der Waals surface area contributed by atoms with Crippen molar-refractivity contribution in [3.63, 3.8) is 0 Å². The Morgan fingerprint density at radius 2 is 1.65 bits per heavy atom. The zero-order chi connectivity index (χ0) is 21.8. The van der Waals surface area contributed by atoms with Gasteiger partial charge in [-0.2, -0.15) is 0 Å². The maximum atomic E-state index is 12.7. The monoisotopic (exact) mass is 412 g/mol. The molecule has 1 aromatic heterocycles. The molecule has 4 rings (SSSR count). The van der Waals surface area contributed by atoms with Gasteiger partial charge in [-0.3, -0.25) is 14.2 Å². The first-order chi connectivity index (χ1) is 15.0. The predicted molar refractivity (Wildman–Crippen MR) is 124 cm³/mol. The summed E-state index contributed by atoms with van der Waals surface area (Å²) in [6.45, 7) is 3.38. The molecule has 1 heterocycles. The van der Waals surface area contributed by atoms with Crippen LogP contribution in [0.1, 0.15) is 24.7 Å². The molecule has 0 aliphatic rings. The average molecular weight is 412 g/mol. The molecule has 2 amide bonds. The Bertz CT molecular complexity index is 1250. The van der Waals surface area contributed by atoms with Crippen molar-refractivity contribution in [2.75, 3.05) is 10.6 Å². The van der Waals surface area contributed by atoms with Gasteiger partial charge in [0.25, 0.3) is 0 Å². The van der Waals surface area contributed by atoms with E-state index in [0.717, 1.165) is 28.1 Å². The van der Waals surface area contributed by atoms with Crippen LogP contribution in [0.4, 0.5) is 11.4 Å². The molecule has 0 atom stereocenters. The molecule has 0 aliphatic carbocycles. The van der Waals surface area contributed by atoms with Crippen LogP contribution in [0.3, 0.4) is 0 Å². The number of fused-ring (bicyclic) bond motifs is 1. The number of aromatic nitrogens is 2. The van der Waals surface area contributed by atoms with Crippen molar-refractivity contribution < 1.29 is 9.59 Å². The lowest BCUT2D eigenvalue weighted by molar-refractivity contribution is -0.116. The highest BCUT2D eigenvalue weighted by Gasteiger charge is 2.14. The highest BCUT2D eigenvalue weighted by molar-refractivity contribution is 5.99. The van der Waals surface area contributed by atoms with E-state index in [4.69, 9.17) is 4.98 Å². The molecule has 156 valence electrons. The summed E-state index contributed by atoms with van der Waals surface area (Å²) in [4.78, 5) is 29.0. The Labute approximate surface area is 180 Å². The SMILES string of the molecule is CC(=O)Nc1ccc(C)cc1NC(=O)CCc1nc2ccccc2n1-c1ccccc1. The van der Waals surface area contributed by atoms with E-state index in [1.807, 2.05) is 73.7 Å². The van der Waals surface area contributed by atoms with E-state index in [9.17, 15) is 9.59 Å². The number of nitrogens with zero attached hydrogens (tertiary/aromatic N) is 2. The number of nitrogens with one attached hydrogen (secondary N) is 2. The minimum Gasteiger partial charge on any atom is -0.325 e. The van der Waals surface area contributed by atoms with E-state index in [-0.39, 0.29) is 18.2 Å². The quantitative estimate of drug-likeness (QED) is 0.475. The lowest BCUT2D eigenvalue weighted by Gasteiger charge is -2.13. The van der Waals surface area contributed by atoms with Crippen LogP contribution in [0.2, 0.25) is 0 Å². The lowest BCUT2D eigenvalue weighted by Crippen LogP contribution is -2.16. The molecule has 0 bridgehead atoms. The van der Waals surface area contributed by atoms with Crippen LogP contribution in [-0.4, -0.2) is 21.4 Å². The number of anilines is 2.